The minimum Gasteiger partial charge on any atom is -0.480 e. The Balaban J connectivity index is 1.58. The summed E-state index contributed by atoms with van der Waals surface area (Å²) in [5.41, 5.74) is 4.73. The first kappa shape index (κ1) is 26.5. The number of aliphatic carboxylic acids is 1. The van der Waals surface area contributed by atoms with E-state index in [1.54, 1.807) is 11.8 Å². The second-order valence-electron chi connectivity index (χ2n) is 9.28. The van der Waals surface area contributed by atoms with E-state index in [-0.39, 0.29) is 6.61 Å². The molecular formula is C29H36N2O4S. The Bertz CT molecular complexity index is 1080. The van der Waals surface area contributed by atoms with Crippen molar-refractivity contribution in [2.75, 3.05) is 32.2 Å². The van der Waals surface area contributed by atoms with Gasteiger partial charge < -0.3 is 14.6 Å². The Morgan fingerprint density at radius 3 is 2.25 bits per heavy atom. The fourth-order valence-electron chi connectivity index (χ4n) is 4.91. The summed E-state index contributed by atoms with van der Waals surface area (Å²) in [6.07, 6.45) is 4.33. The van der Waals surface area contributed by atoms with Gasteiger partial charge in [-0.3, -0.25) is 4.68 Å². The summed E-state index contributed by atoms with van der Waals surface area (Å²) in [7, 11) is 0. The maximum absolute atomic E-state index is 10.7. The average Bonchev–Trinajstić information content (AvgIpc) is 3.26. The van der Waals surface area contributed by atoms with E-state index in [1.165, 1.54) is 22.4 Å². The van der Waals surface area contributed by atoms with Crippen LogP contribution in [-0.2, 0) is 20.8 Å². The van der Waals surface area contributed by atoms with Gasteiger partial charge in [0.05, 0.1) is 18.9 Å². The van der Waals surface area contributed by atoms with Gasteiger partial charge >= 0.3 is 5.97 Å². The van der Waals surface area contributed by atoms with Crippen LogP contribution in [-0.4, -0.2) is 53.0 Å². The summed E-state index contributed by atoms with van der Waals surface area (Å²) < 4.78 is 13.2. The molecule has 7 heteroatoms. The average molecular weight is 509 g/mol. The van der Waals surface area contributed by atoms with Crippen LogP contribution in [0.4, 0.5) is 0 Å². The van der Waals surface area contributed by atoms with Crippen molar-refractivity contribution in [2.24, 2.45) is 11.8 Å². The van der Waals surface area contributed by atoms with Gasteiger partial charge in [-0.2, -0.15) is 5.10 Å². The van der Waals surface area contributed by atoms with Gasteiger partial charge in [0.1, 0.15) is 11.6 Å². The smallest absolute Gasteiger partial charge is 0.329 e. The Hall–Kier alpha value is -2.61. The summed E-state index contributed by atoms with van der Waals surface area (Å²) in [5, 5.41) is 15.0. The molecule has 1 N–H and O–H groups in total. The number of nitrogens with zero attached hydrogens (tertiary/aromatic N) is 2. The fraction of sp³-hybridized carbons (Fsp3) is 0.448. The zero-order valence-electron chi connectivity index (χ0n) is 21.0. The van der Waals surface area contributed by atoms with Crippen molar-refractivity contribution in [1.29, 1.82) is 0 Å². The number of ether oxygens (including phenoxy) is 2. The lowest BCUT2D eigenvalue weighted by Gasteiger charge is -2.28. The Kier molecular flexibility index (Phi) is 10.0. The van der Waals surface area contributed by atoms with Crippen LogP contribution in [0.3, 0.4) is 0 Å². The number of carbonyl (C=O) groups is 1. The van der Waals surface area contributed by atoms with Gasteiger partial charge in [-0.1, -0.05) is 60.7 Å². The van der Waals surface area contributed by atoms with Gasteiger partial charge in [-0.05, 0) is 50.0 Å². The van der Waals surface area contributed by atoms with E-state index >= 15 is 0 Å². The first-order chi connectivity index (χ1) is 17.7. The lowest BCUT2D eigenvalue weighted by Crippen LogP contribution is -2.23. The standard InChI is InChI=1S/C29H36N2O4S/c1-2-34-17-18-36-29-27(24-9-5-3-6-10-24)28(25-11-7-4-8-12-25)31(30-29)19-22-13-15-23(16-14-22)20-35-21-26(32)33/h3-12,22-23H,2,13-21H2,1H3,(H,32,33). The van der Waals surface area contributed by atoms with Gasteiger partial charge in [0.2, 0.25) is 0 Å². The van der Waals surface area contributed by atoms with Crippen LogP contribution < -0.4 is 0 Å². The van der Waals surface area contributed by atoms with Crippen LogP contribution in [0.2, 0.25) is 0 Å². The SMILES string of the molecule is CCOCCSc1nn(CC2CCC(COCC(=O)O)CC2)c(-c2ccccc2)c1-c1ccccc1. The van der Waals surface area contributed by atoms with Gasteiger partial charge in [0, 0.05) is 30.0 Å². The molecule has 1 fully saturated rings. The minimum atomic E-state index is -0.903. The van der Waals surface area contributed by atoms with Crippen LogP contribution in [0.1, 0.15) is 32.6 Å². The third-order valence-electron chi connectivity index (χ3n) is 6.68. The molecule has 0 unspecified atom stereocenters. The van der Waals surface area contributed by atoms with Crippen LogP contribution in [0, 0.1) is 11.8 Å². The summed E-state index contributed by atoms with van der Waals surface area (Å²) >= 11 is 1.76. The third-order valence-corrected chi connectivity index (χ3v) is 7.61. The first-order valence-electron chi connectivity index (χ1n) is 12.9. The van der Waals surface area contributed by atoms with Crippen LogP contribution >= 0.6 is 11.8 Å². The fourth-order valence-corrected chi connectivity index (χ4v) is 5.82. The van der Waals surface area contributed by atoms with Crippen molar-refractivity contribution in [3.8, 4) is 22.4 Å². The van der Waals surface area contributed by atoms with Gasteiger partial charge in [0.15, 0.2) is 0 Å². The molecule has 0 aliphatic heterocycles. The number of benzene rings is 2. The molecule has 3 aromatic rings. The summed E-state index contributed by atoms with van der Waals surface area (Å²) in [5.74, 6) is 0.935. The molecule has 4 rings (SSSR count). The van der Waals surface area contributed by atoms with E-state index in [0.717, 1.165) is 49.6 Å². The van der Waals surface area contributed by atoms with Crippen molar-refractivity contribution in [3.63, 3.8) is 0 Å². The lowest BCUT2D eigenvalue weighted by molar-refractivity contribution is -0.142. The highest BCUT2D eigenvalue weighted by molar-refractivity contribution is 7.99. The number of rotatable bonds is 13. The van der Waals surface area contributed by atoms with Crippen molar-refractivity contribution in [2.45, 2.75) is 44.2 Å². The van der Waals surface area contributed by atoms with Gasteiger partial charge in [-0.15, -0.1) is 11.8 Å². The minimum absolute atomic E-state index is 0.209. The first-order valence-corrected chi connectivity index (χ1v) is 13.9. The molecule has 6 nitrogen and oxygen atoms in total. The molecule has 0 bridgehead atoms. The largest absolute Gasteiger partial charge is 0.480 e. The summed E-state index contributed by atoms with van der Waals surface area (Å²) in [6.45, 7) is 4.65. The van der Waals surface area contributed by atoms with E-state index in [2.05, 4.69) is 65.3 Å². The predicted octanol–water partition coefficient (Wildman–Crippen LogP) is 6.25. The van der Waals surface area contributed by atoms with Crippen molar-refractivity contribution >= 4 is 17.7 Å². The number of hydrogen-bond acceptors (Lipinski definition) is 5. The molecule has 0 amide bonds. The van der Waals surface area contributed by atoms with Crippen LogP contribution in [0.25, 0.3) is 22.4 Å². The Morgan fingerprint density at radius 2 is 1.61 bits per heavy atom. The Labute approximate surface area is 218 Å². The molecular weight excluding hydrogens is 472 g/mol. The molecule has 1 aliphatic rings. The van der Waals surface area contributed by atoms with Crippen LogP contribution in [0.15, 0.2) is 65.7 Å². The number of thioether (sulfide) groups is 1. The van der Waals surface area contributed by atoms with Crippen molar-refractivity contribution in [1.82, 2.24) is 9.78 Å². The highest BCUT2D eigenvalue weighted by atomic mass is 32.2. The third kappa shape index (κ3) is 7.21. The second-order valence-corrected chi connectivity index (χ2v) is 10.4. The van der Waals surface area contributed by atoms with Crippen LogP contribution in [0.5, 0.6) is 0 Å². The maximum atomic E-state index is 10.7. The van der Waals surface area contributed by atoms with Gasteiger partial charge in [-0.25, -0.2) is 4.79 Å². The van der Waals surface area contributed by atoms with Gasteiger partial charge in [0.25, 0.3) is 0 Å². The molecule has 36 heavy (non-hydrogen) atoms. The molecule has 1 aliphatic carbocycles. The maximum Gasteiger partial charge on any atom is 0.329 e. The number of hydrogen-bond donors (Lipinski definition) is 1. The molecule has 0 radical (unpaired) electrons. The lowest BCUT2D eigenvalue weighted by atomic mass is 9.82. The van der Waals surface area contributed by atoms with E-state index in [1.807, 2.05) is 6.92 Å². The topological polar surface area (TPSA) is 73.6 Å². The molecule has 0 saturated heterocycles. The number of carboxylic acid groups (broad SMARTS) is 1. The van der Waals surface area contributed by atoms with E-state index in [4.69, 9.17) is 19.7 Å². The molecule has 0 atom stereocenters. The molecule has 0 spiro atoms. The predicted molar refractivity (Wildman–Crippen MR) is 144 cm³/mol. The van der Waals surface area contributed by atoms with E-state index in [0.29, 0.717) is 25.0 Å². The zero-order chi connectivity index (χ0) is 25.2. The number of aromatic nitrogens is 2. The summed E-state index contributed by atoms with van der Waals surface area (Å²) in [4.78, 5) is 10.7. The zero-order valence-corrected chi connectivity index (χ0v) is 21.8. The monoisotopic (exact) mass is 508 g/mol. The molecule has 1 heterocycles. The molecule has 192 valence electrons. The van der Waals surface area contributed by atoms with E-state index < -0.39 is 5.97 Å². The van der Waals surface area contributed by atoms with E-state index in [9.17, 15) is 4.79 Å². The number of carboxylic acids is 1. The van der Waals surface area contributed by atoms with Crippen molar-refractivity contribution in [3.05, 3.63) is 60.7 Å². The Morgan fingerprint density at radius 1 is 0.972 bits per heavy atom. The second kappa shape index (κ2) is 13.6. The highest BCUT2D eigenvalue weighted by Gasteiger charge is 2.26. The highest BCUT2D eigenvalue weighted by Crippen LogP contribution is 2.41. The summed E-state index contributed by atoms with van der Waals surface area (Å²) in [6, 6.07) is 21.1. The molecule has 1 saturated carbocycles. The molecule has 1 aromatic heterocycles. The molecule has 2 aromatic carbocycles. The quantitative estimate of drug-likeness (QED) is 0.217. The normalized spacial score (nSPS) is 17.8. The van der Waals surface area contributed by atoms with Crippen molar-refractivity contribution < 1.29 is 19.4 Å².